The summed E-state index contributed by atoms with van der Waals surface area (Å²) < 4.78 is 55.9. The first-order chi connectivity index (χ1) is 13.4. The maximum atomic E-state index is 11.2. The number of aliphatic carboxylic acids is 1. The summed E-state index contributed by atoms with van der Waals surface area (Å²) in [6.07, 6.45) is -16.2. The van der Waals surface area contributed by atoms with E-state index in [1.807, 2.05) is 0 Å². The first-order valence-corrected chi connectivity index (χ1v) is 9.56. The third-order valence-corrected chi connectivity index (χ3v) is 4.91. The molecule has 2 saturated heterocycles. The molecule has 0 aromatic carbocycles. The van der Waals surface area contributed by atoms with E-state index in [9.17, 15) is 33.6 Å². The van der Waals surface area contributed by atoms with Crippen LogP contribution in [-0.2, 0) is 38.3 Å². The molecule has 8 N–H and O–H groups in total. The normalized spacial score (nSPS) is 43.8. The maximum Gasteiger partial charge on any atom is 0.397 e. The summed E-state index contributed by atoms with van der Waals surface area (Å²) in [6, 6.07) is -1.21. The molecule has 0 aliphatic carbocycles. The predicted octanol–water partition coefficient (Wildman–Crippen LogP) is -4.86. The van der Waals surface area contributed by atoms with Gasteiger partial charge < -0.3 is 50.2 Å². The summed E-state index contributed by atoms with van der Waals surface area (Å²) in [7, 11) is -3.99. The zero-order chi connectivity index (χ0) is 22.1. The van der Waals surface area contributed by atoms with Crippen molar-refractivity contribution in [3.63, 3.8) is 0 Å². The van der Waals surface area contributed by atoms with Crippen molar-refractivity contribution in [2.24, 2.45) is 5.73 Å². The minimum absolute atomic E-state index is 0.738. The van der Waals surface area contributed by atoms with E-state index in [4.69, 9.17) is 34.3 Å². The van der Waals surface area contributed by atoms with Crippen LogP contribution in [0.4, 0.5) is 0 Å². The molecule has 10 atom stereocenters. The van der Waals surface area contributed by atoms with Crippen LogP contribution in [-0.4, -0.2) is 120 Å². The van der Waals surface area contributed by atoms with Gasteiger partial charge in [0.05, 0.1) is 12.6 Å². The molecule has 0 spiro atoms. The number of hydrogen-bond acceptors (Lipinski definition) is 13. The van der Waals surface area contributed by atoms with Crippen molar-refractivity contribution in [3.05, 3.63) is 0 Å². The van der Waals surface area contributed by atoms with Gasteiger partial charge in [-0.1, -0.05) is 0 Å². The molecule has 0 radical (unpaired) electrons. The molecule has 29 heavy (non-hydrogen) atoms. The van der Waals surface area contributed by atoms with E-state index in [-0.39, 0.29) is 0 Å². The Bertz CT molecular complexity index is 672. The van der Waals surface area contributed by atoms with Crippen molar-refractivity contribution in [1.82, 2.24) is 0 Å². The summed E-state index contributed by atoms with van der Waals surface area (Å²) in [6.45, 7) is -0.738. The van der Waals surface area contributed by atoms with E-state index in [1.165, 1.54) is 7.11 Å². The highest BCUT2D eigenvalue weighted by Crippen LogP contribution is 2.30. The lowest BCUT2D eigenvalue weighted by Gasteiger charge is -2.46. The number of ether oxygens (including phenoxy) is 4. The molecule has 15 nitrogen and oxygen atoms in total. The molecular weight excluding hydrogens is 426 g/mol. The van der Waals surface area contributed by atoms with Crippen LogP contribution in [0.25, 0.3) is 0 Å². The van der Waals surface area contributed by atoms with E-state index in [0.29, 0.717) is 0 Å². The van der Waals surface area contributed by atoms with Crippen molar-refractivity contribution < 1.29 is 66.4 Å². The summed E-state index contributed by atoms with van der Waals surface area (Å²) in [5, 5.41) is 48.9. The number of aliphatic hydroxyl groups is 4. The fraction of sp³-hybridized carbons (Fsp3) is 0.923. The number of carboxylic acid groups (broad SMARTS) is 1. The van der Waals surface area contributed by atoms with Gasteiger partial charge in [-0.25, -0.2) is 8.98 Å². The number of carbonyl (C=O) groups is 1. The molecule has 0 saturated carbocycles. The Balaban J connectivity index is 2.32. The Hall–Kier alpha value is -1.02. The Kier molecular flexibility index (Phi) is 7.87. The topological polar surface area (TPSA) is 245 Å². The van der Waals surface area contributed by atoms with E-state index in [0.717, 1.165) is 0 Å². The van der Waals surface area contributed by atoms with Gasteiger partial charge >= 0.3 is 16.4 Å². The Morgan fingerprint density at radius 3 is 2.17 bits per heavy atom. The Morgan fingerprint density at radius 1 is 1.07 bits per heavy atom. The van der Waals surface area contributed by atoms with Crippen LogP contribution < -0.4 is 5.73 Å². The number of aliphatic hydroxyl groups excluding tert-OH is 4. The van der Waals surface area contributed by atoms with Crippen molar-refractivity contribution in [2.75, 3.05) is 13.7 Å². The molecule has 0 bridgehead atoms. The zero-order valence-corrected chi connectivity index (χ0v) is 15.7. The first kappa shape index (κ1) is 24.3. The number of nitrogens with two attached hydrogens (primary N) is 1. The Morgan fingerprint density at radius 2 is 1.69 bits per heavy atom. The average molecular weight is 449 g/mol. The van der Waals surface area contributed by atoms with Gasteiger partial charge in [0.1, 0.15) is 30.5 Å². The fourth-order valence-corrected chi connectivity index (χ4v) is 3.50. The van der Waals surface area contributed by atoms with Crippen LogP contribution in [0.15, 0.2) is 0 Å². The van der Waals surface area contributed by atoms with Crippen LogP contribution in [0, 0.1) is 0 Å². The molecule has 2 aliphatic heterocycles. The molecule has 2 aliphatic rings. The summed E-state index contributed by atoms with van der Waals surface area (Å²) in [4.78, 5) is 11.2. The quantitative estimate of drug-likeness (QED) is 0.180. The van der Waals surface area contributed by atoms with Crippen LogP contribution in [0.1, 0.15) is 0 Å². The number of hydrogen-bond donors (Lipinski definition) is 7. The molecule has 0 aromatic rings. The third-order valence-electron chi connectivity index (χ3n) is 4.45. The molecule has 2 rings (SSSR count). The minimum atomic E-state index is -5.21. The zero-order valence-electron chi connectivity index (χ0n) is 14.9. The second-order valence-electron chi connectivity index (χ2n) is 6.36. The van der Waals surface area contributed by atoms with Crippen LogP contribution in [0.2, 0.25) is 0 Å². The van der Waals surface area contributed by atoms with Crippen LogP contribution >= 0.6 is 0 Å². The number of methoxy groups -OCH3 is 1. The molecular formula is C13H23NO14S. The van der Waals surface area contributed by atoms with Gasteiger partial charge in [0, 0.05) is 7.11 Å². The van der Waals surface area contributed by atoms with E-state index >= 15 is 0 Å². The standard InChI is InChI=1S/C13H23NO14S/c1-24-12-4(14)5(16)8(3(2-15)25-12)26-13-10(28-29(21,22)23)7(18)6(17)9(27-13)11(19)20/h3-10,12-13,15-18H,2,14H2,1H3,(H,19,20)(H,21,22,23)/t3-,4-,5-,6+,7+,8-,9+,10-,12+,13-/m1/s1. The van der Waals surface area contributed by atoms with Gasteiger partial charge in [0.25, 0.3) is 0 Å². The molecule has 0 aromatic heterocycles. The van der Waals surface area contributed by atoms with Gasteiger partial charge in [-0.2, -0.15) is 8.42 Å². The maximum absolute atomic E-state index is 11.2. The van der Waals surface area contributed by atoms with Crippen molar-refractivity contribution in [3.8, 4) is 0 Å². The highest BCUT2D eigenvalue weighted by atomic mass is 32.3. The molecule has 2 heterocycles. The molecule has 0 amide bonds. The van der Waals surface area contributed by atoms with Gasteiger partial charge in [-0.3, -0.25) is 4.55 Å². The van der Waals surface area contributed by atoms with Crippen molar-refractivity contribution in [1.29, 1.82) is 0 Å². The van der Waals surface area contributed by atoms with E-state index < -0.39 is 84.3 Å². The molecule has 2 fully saturated rings. The average Bonchev–Trinajstić information content (AvgIpc) is 2.63. The van der Waals surface area contributed by atoms with Crippen LogP contribution in [0.3, 0.4) is 0 Å². The SMILES string of the molecule is CO[C@H]1O[C@H](CO)[C@@H](O[C@@H]2O[C@H](C(=O)O)[C@@H](O)[C@H](O)[C@H]2OS(=O)(=O)O)[C@H](O)[C@H]1N. The van der Waals surface area contributed by atoms with E-state index in [2.05, 4.69) is 4.18 Å². The monoisotopic (exact) mass is 449 g/mol. The molecule has 170 valence electrons. The lowest BCUT2D eigenvalue weighted by atomic mass is 9.96. The molecule has 0 unspecified atom stereocenters. The van der Waals surface area contributed by atoms with Gasteiger partial charge in [-0.05, 0) is 0 Å². The fourth-order valence-electron chi connectivity index (χ4n) is 3.02. The first-order valence-electron chi connectivity index (χ1n) is 8.19. The second kappa shape index (κ2) is 9.41. The predicted molar refractivity (Wildman–Crippen MR) is 86.3 cm³/mol. The molecule has 16 heteroatoms. The minimum Gasteiger partial charge on any atom is -0.479 e. The number of rotatable bonds is 7. The van der Waals surface area contributed by atoms with Gasteiger partial charge in [-0.15, -0.1) is 0 Å². The summed E-state index contributed by atoms with van der Waals surface area (Å²) in [5.41, 5.74) is 5.75. The number of carboxylic acids is 1. The largest absolute Gasteiger partial charge is 0.479 e. The van der Waals surface area contributed by atoms with Crippen LogP contribution in [0.5, 0.6) is 0 Å². The lowest BCUT2D eigenvalue weighted by Crippen LogP contribution is -2.67. The second-order valence-corrected chi connectivity index (χ2v) is 7.41. The van der Waals surface area contributed by atoms with Gasteiger partial charge in [0.15, 0.2) is 24.8 Å². The van der Waals surface area contributed by atoms with Crippen molar-refractivity contribution in [2.45, 2.75) is 61.3 Å². The highest BCUT2D eigenvalue weighted by molar-refractivity contribution is 7.80. The van der Waals surface area contributed by atoms with Gasteiger partial charge in [0.2, 0.25) is 0 Å². The summed E-state index contributed by atoms with van der Waals surface area (Å²) in [5.74, 6) is -1.73. The summed E-state index contributed by atoms with van der Waals surface area (Å²) >= 11 is 0. The van der Waals surface area contributed by atoms with E-state index in [1.54, 1.807) is 0 Å². The lowest BCUT2D eigenvalue weighted by molar-refractivity contribution is -0.337. The Labute approximate surface area is 164 Å². The van der Waals surface area contributed by atoms with Crippen molar-refractivity contribution >= 4 is 16.4 Å². The highest BCUT2D eigenvalue weighted by Gasteiger charge is 2.53. The third kappa shape index (κ3) is 5.37. The smallest absolute Gasteiger partial charge is 0.397 e.